The zero-order chi connectivity index (χ0) is 6.97. The Hall–Kier alpha value is -0.700. The normalized spacial score (nSPS) is 24.5. The van der Waals surface area contributed by atoms with Crippen molar-refractivity contribution in [3.05, 3.63) is 11.9 Å². The summed E-state index contributed by atoms with van der Waals surface area (Å²) in [6.07, 6.45) is 4.48. The molecule has 0 unspecified atom stereocenters. The molecule has 0 amide bonds. The molecule has 3 nitrogen and oxygen atoms in total. The van der Waals surface area contributed by atoms with Gasteiger partial charge < -0.3 is 15.3 Å². The second kappa shape index (κ2) is 2.16. The van der Waals surface area contributed by atoms with Gasteiger partial charge >= 0.3 is 0 Å². The van der Waals surface area contributed by atoms with Crippen molar-refractivity contribution in [1.29, 1.82) is 0 Å². The fourth-order valence-electron chi connectivity index (χ4n) is 1.33. The van der Waals surface area contributed by atoms with Crippen LogP contribution in [0.15, 0.2) is 11.9 Å². The average Bonchev–Trinajstić information content (AvgIpc) is 2.69. The number of hydrogen-bond donors (Lipinski definition) is 2. The van der Waals surface area contributed by atoms with Crippen LogP contribution in [0.5, 0.6) is 0 Å². The van der Waals surface area contributed by atoms with Gasteiger partial charge in [0.15, 0.2) is 0 Å². The number of rotatable bonds is 2. The number of nitrogens with zero attached hydrogens (tertiary/aromatic N) is 1. The molecular formula is C7H12N2O. The molecule has 1 aliphatic heterocycles. The Morgan fingerprint density at radius 2 is 2.50 bits per heavy atom. The molecule has 2 rings (SSSR count). The summed E-state index contributed by atoms with van der Waals surface area (Å²) < 4.78 is 0. The maximum absolute atomic E-state index is 8.86. The van der Waals surface area contributed by atoms with E-state index in [9.17, 15) is 0 Å². The quantitative estimate of drug-likeness (QED) is 0.559. The Bertz CT molecular complexity index is 163. The molecule has 0 spiro atoms. The van der Waals surface area contributed by atoms with E-state index in [1.807, 2.05) is 6.20 Å². The molecule has 1 aliphatic carbocycles. The lowest BCUT2D eigenvalue weighted by Gasteiger charge is -2.18. The van der Waals surface area contributed by atoms with Gasteiger partial charge in [-0.3, -0.25) is 0 Å². The first-order valence-corrected chi connectivity index (χ1v) is 3.72. The van der Waals surface area contributed by atoms with Crippen molar-refractivity contribution in [3.63, 3.8) is 0 Å². The summed E-state index contributed by atoms with van der Waals surface area (Å²) in [5.41, 5.74) is 1.04. The van der Waals surface area contributed by atoms with Gasteiger partial charge in [0.1, 0.15) is 0 Å². The molecule has 1 heterocycles. The molecular weight excluding hydrogens is 128 g/mol. The van der Waals surface area contributed by atoms with Crippen molar-refractivity contribution in [2.45, 2.75) is 18.9 Å². The molecule has 0 aromatic heterocycles. The zero-order valence-electron chi connectivity index (χ0n) is 5.88. The molecule has 10 heavy (non-hydrogen) atoms. The molecule has 56 valence electrons. The minimum absolute atomic E-state index is 0.170. The minimum Gasteiger partial charge on any atom is -0.390 e. The van der Waals surface area contributed by atoms with E-state index < -0.39 is 0 Å². The minimum atomic E-state index is 0.170. The van der Waals surface area contributed by atoms with Gasteiger partial charge in [0, 0.05) is 12.2 Å². The lowest BCUT2D eigenvalue weighted by molar-refractivity contribution is 0.258. The van der Waals surface area contributed by atoms with Crippen molar-refractivity contribution in [2.75, 3.05) is 13.3 Å². The van der Waals surface area contributed by atoms with Crippen LogP contribution < -0.4 is 5.32 Å². The van der Waals surface area contributed by atoms with Crippen molar-refractivity contribution in [3.8, 4) is 0 Å². The number of nitrogens with one attached hydrogen (secondary N) is 1. The van der Waals surface area contributed by atoms with E-state index in [0.717, 1.165) is 12.4 Å². The predicted octanol–water partition coefficient (Wildman–Crippen LogP) is -0.155. The molecule has 0 bridgehead atoms. The second-order valence-corrected chi connectivity index (χ2v) is 2.86. The highest BCUT2D eigenvalue weighted by molar-refractivity contribution is 5.09. The van der Waals surface area contributed by atoms with Crippen LogP contribution in [0.1, 0.15) is 12.8 Å². The smallest absolute Gasteiger partial charge is 0.0873 e. The Morgan fingerprint density at radius 3 is 3.10 bits per heavy atom. The van der Waals surface area contributed by atoms with Crippen LogP contribution in [-0.4, -0.2) is 29.3 Å². The first-order valence-electron chi connectivity index (χ1n) is 3.72. The molecule has 0 radical (unpaired) electrons. The molecule has 2 aliphatic rings. The Morgan fingerprint density at radius 1 is 1.70 bits per heavy atom. The van der Waals surface area contributed by atoms with Crippen molar-refractivity contribution < 1.29 is 5.11 Å². The summed E-state index contributed by atoms with van der Waals surface area (Å²) >= 11 is 0. The SMILES string of the molecule is OCC1=CNCN1C1CC1. The molecule has 1 saturated carbocycles. The van der Waals surface area contributed by atoms with Gasteiger partial charge in [-0.2, -0.15) is 0 Å². The molecule has 0 aromatic carbocycles. The zero-order valence-corrected chi connectivity index (χ0v) is 5.88. The van der Waals surface area contributed by atoms with Gasteiger partial charge in [0.25, 0.3) is 0 Å². The van der Waals surface area contributed by atoms with Gasteiger partial charge in [-0.05, 0) is 12.8 Å². The van der Waals surface area contributed by atoms with Crippen LogP contribution in [0.2, 0.25) is 0 Å². The molecule has 0 saturated heterocycles. The highest BCUT2D eigenvalue weighted by Crippen LogP contribution is 2.30. The van der Waals surface area contributed by atoms with E-state index in [4.69, 9.17) is 5.11 Å². The average molecular weight is 140 g/mol. The van der Waals surface area contributed by atoms with E-state index in [1.54, 1.807) is 0 Å². The van der Waals surface area contributed by atoms with Gasteiger partial charge in [0.2, 0.25) is 0 Å². The van der Waals surface area contributed by atoms with Crippen LogP contribution in [0.25, 0.3) is 0 Å². The molecule has 1 fully saturated rings. The standard InChI is InChI=1S/C7H12N2O/c10-4-7-3-8-5-9(7)6-1-2-6/h3,6,8,10H,1-2,4-5H2. The maximum atomic E-state index is 8.86. The third-order valence-corrected chi connectivity index (χ3v) is 2.05. The monoisotopic (exact) mass is 140 g/mol. The van der Waals surface area contributed by atoms with E-state index in [1.165, 1.54) is 12.8 Å². The molecule has 2 N–H and O–H groups in total. The topological polar surface area (TPSA) is 35.5 Å². The van der Waals surface area contributed by atoms with E-state index >= 15 is 0 Å². The molecule has 0 aromatic rings. The Kier molecular flexibility index (Phi) is 1.31. The van der Waals surface area contributed by atoms with Gasteiger partial charge in [-0.1, -0.05) is 0 Å². The number of hydrogen-bond acceptors (Lipinski definition) is 3. The van der Waals surface area contributed by atoms with Crippen molar-refractivity contribution in [1.82, 2.24) is 10.2 Å². The highest BCUT2D eigenvalue weighted by Gasteiger charge is 2.31. The summed E-state index contributed by atoms with van der Waals surface area (Å²) in [7, 11) is 0. The Labute approximate surface area is 60.3 Å². The third-order valence-electron chi connectivity index (χ3n) is 2.05. The van der Waals surface area contributed by atoms with Crippen LogP contribution in [-0.2, 0) is 0 Å². The van der Waals surface area contributed by atoms with Gasteiger partial charge in [0.05, 0.1) is 19.0 Å². The molecule has 0 atom stereocenters. The van der Waals surface area contributed by atoms with Crippen molar-refractivity contribution in [2.24, 2.45) is 0 Å². The largest absolute Gasteiger partial charge is 0.390 e. The van der Waals surface area contributed by atoms with Crippen molar-refractivity contribution >= 4 is 0 Å². The first kappa shape index (κ1) is 6.04. The van der Waals surface area contributed by atoms with E-state index in [0.29, 0.717) is 6.04 Å². The fraction of sp³-hybridized carbons (Fsp3) is 0.714. The van der Waals surface area contributed by atoms with Crippen LogP contribution in [0.4, 0.5) is 0 Å². The number of aliphatic hydroxyl groups excluding tert-OH is 1. The van der Waals surface area contributed by atoms with E-state index in [-0.39, 0.29) is 6.61 Å². The summed E-state index contributed by atoms with van der Waals surface area (Å²) in [5.74, 6) is 0. The van der Waals surface area contributed by atoms with Gasteiger partial charge in [-0.15, -0.1) is 0 Å². The number of aliphatic hydroxyl groups is 1. The lowest BCUT2D eigenvalue weighted by atomic mass is 10.4. The third kappa shape index (κ3) is 0.865. The summed E-state index contributed by atoms with van der Waals surface area (Å²) in [5, 5.41) is 12.0. The summed E-state index contributed by atoms with van der Waals surface area (Å²) in [4.78, 5) is 2.24. The highest BCUT2D eigenvalue weighted by atomic mass is 16.3. The lowest BCUT2D eigenvalue weighted by Crippen LogP contribution is -2.26. The first-order chi connectivity index (χ1) is 4.92. The Balaban J connectivity index is 2.01. The second-order valence-electron chi connectivity index (χ2n) is 2.86. The fourth-order valence-corrected chi connectivity index (χ4v) is 1.33. The van der Waals surface area contributed by atoms with Crippen LogP contribution in [0.3, 0.4) is 0 Å². The molecule has 3 heteroatoms. The maximum Gasteiger partial charge on any atom is 0.0873 e. The van der Waals surface area contributed by atoms with E-state index in [2.05, 4.69) is 10.2 Å². The predicted molar refractivity (Wildman–Crippen MR) is 38.0 cm³/mol. The van der Waals surface area contributed by atoms with Gasteiger partial charge in [-0.25, -0.2) is 0 Å². The van der Waals surface area contributed by atoms with Crippen LogP contribution in [0, 0.1) is 0 Å². The van der Waals surface area contributed by atoms with Crippen LogP contribution >= 0.6 is 0 Å². The summed E-state index contributed by atoms with van der Waals surface area (Å²) in [6.45, 7) is 1.06. The summed E-state index contributed by atoms with van der Waals surface area (Å²) in [6, 6.07) is 0.716.